The van der Waals surface area contributed by atoms with Gasteiger partial charge in [0.25, 0.3) is 11.8 Å². The Hall–Kier alpha value is -4.01. The predicted octanol–water partition coefficient (Wildman–Crippen LogP) is 1.35. The van der Waals surface area contributed by atoms with Crippen molar-refractivity contribution in [2.45, 2.75) is 20.0 Å². The van der Waals surface area contributed by atoms with Crippen LogP contribution in [0.3, 0.4) is 0 Å². The lowest BCUT2D eigenvalue weighted by molar-refractivity contribution is -0.683. The van der Waals surface area contributed by atoms with Crippen LogP contribution in [0.4, 0.5) is 17.1 Å². The molecule has 2 aromatic carbocycles. The van der Waals surface area contributed by atoms with E-state index in [1.807, 2.05) is 6.92 Å². The molecule has 0 aliphatic carbocycles. The number of anilines is 3. The Morgan fingerprint density at radius 3 is 2.38 bits per heavy atom. The Balaban J connectivity index is 1.56. The van der Waals surface area contributed by atoms with E-state index in [1.54, 1.807) is 52.1 Å². The molecule has 9 nitrogen and oxygen atoms in total. The van der Waals surface area contributed by atoms with Crippen LogP contribution in [0.1, 0.15) is 5.56 Å². The van der Waals surface area contributed by atoms with E-state index in [4.69, 9.17) is 5.73 Å². The van der Waals surface area contributed by atoms with Crippen molar-refractivity contribution < 1.29 is 24.4 Å². The number of phenols is 2. The Kier molecular flexibility index (Phi) is 5.68. The van der Waals surface area contributed by atoms with E-state index in [2.05, 4.69) is 10.6 Å². The highest BCUT2D eigenvalue weighted by atomic mass is 16.3. The van der Waals surface area contributed by atoms with Gasteiger partial charge in [0, 0.05) is 11.8 Å². The van der Waals surface area contributed by atoms with Crippen LogP contribution in [-0.4, -0.2) is 26.6 Å². The Morgan fingerprint density at radius 2 is 1.69 bits per heavy atom. The summed E-state index contributed by atoms with van der Waals surface area (Å²) in [6, 6.07) is 9.43. The number of rotatable bonds is 6. The highest BCUT2D eigenvalue weighted by molar-refractivity contribution is 5.92. The molecule has 0 saturated carbocycles. The summed E-state index contributed by atoms with van der Waals surface area (Å²) in [7, 11) is 0. The van der Waals surface area contributed by atoms with Crippen LogP contribution in [0.25, 0.3) is 0 Å². The molecule has 2 amide bonds. The van der Waals surface area contributed by atoms with E-state index in [9.17, 15) is 19.8 Å². The predicted molar refractivity (Wildman–Crippen MR) is 107 cm³/mol. The van der Waals surface area contributed by atoms with Gasteiger partial charge < -0.3 is 26.6 Å². The number of carbonyl (C=O) groups is 2. The van der Waals surface area contributed by atoms with Gasteiger partial charge in [0.15, 0.2) is 13.1 Å². The summed E-state index contributed by atoms with van der Waals surface area (Å²) in [5.74, 6) is -0.773. The fourth-order valence-corrected chi connectivity index (χ4v) is 2.74. The number of carbonyl (C=O) groups excluding carboxylic acids is 2. The number of hydrogen-bond donors (Lipinski definition) is 5. The Morgan fingerprint density at radius 1 is 1.03 bits per heavy atom. The lowest BCUT2D eigenvalue weighted by Gasteiger charge is -2.07. The summed E-state index contributed by atoms with van der Waals surface area (Å²) in [6.07, 6.45) is 4.92. The molecule has 0 aliphatic heterocycles. The standard InChI is InChI=1S/C20H21N5O4/c1-13-2-4-15(17(26)8-13)22-19(28)10-24-6-7-25(12-24)11-20(29)23-16-5-3-14(21)9-18(16)27/h2-9,12H,10-11,21H2,1H3,(H3-,22,23,26,27,28,29)/p+1. The quantitative estimate of drug-likeness (QED) is 0.244. The zero-order valence-electron chi connectivity index (χ0n) is 15.8. The minimum absolute atomic E-state index is 0.00279. The summed E-state index contributed by atoms with van der Waals surface area (Å²) in [5, 5.41) is 24.9. The number of nitrogens with one attached hydrogen (secondary N) is 2. The third-order valence-electron chi connectivity index (χ3n) is 4.12. The lowest BCUT2D eigenvalue weighted by Crippen LogP contribution is -2.38. The summed E-state index contributed by atoms with van der Waals surface area (Å²) in [6.45, 7) is 1.85. The fraction of sp³-hybridized carbons (Fsp3) is 0.150. The second-order valence-electron chi connectivity index (χ2n) is 6.65. The molecule has 9 heteroatoms. The van der Waals surface area contributed by atoms with Crippen molar-refractivity contribution in [2.24, 2.45) is 0 Å². The van der Waals surface area contributed by atoms with Crippen LogP contribution in [0.2, 0.25) is 0 Å². The minimum Gasteiger partial charge on any atom is -0.506 e. The maximum Gasteiger partial charge on any atom is 0.266 e. The normalized spacial score (nSPS) is 10.5. The van der Waals surface area contributed by atoms with E-state index in [0.29, 0.717) is 11.4 Å². The number of aromatic nitrogens is 2. The van der Waals surface area contributed by atoms with Crippen LogP contribution in [0, 0.1) is 6.92 Å². The minimum atomic E-state index is -0.346. The molecule has 0 atom stereocenters. The third-order valence-corrected chi connectivity index (χ3v) is 4.12. The number of amides is 2. The highest BCUT2D eigenvalue weighted by Gasteiger charge is 2.14. The van der Waals surface area contributed by atoms with Gasteiger partial charge in [-0.05, 0) is 36.8 Å². The summed E-state index contributed by atoms with van der Waals surface area (Å²) < 4.78 is 3.20. The number of aryl methyl sites for hydroxylation is 1. The van der Waals surface area contributed by atoms with E-state index in [-0.39, 0.29) is 42.1 Å². The molecule has 3 aromatic rings. The van der Waals surface area contributed by atoms with Crippen LogP contribution in [-0.2, 0) is 22.7 Å². The molecule has 6 N–H and O–H groups in total. The van der Waals surface area contributed by atoms with Crippen molar-refractivity contribution in [1.29, 1.82) is 0 Å². The molecule has 0 saturated heterocycles. The van der Waals surface area contributed by atoms with Crippen molar-refractivity contribution in [3.05, 3.63) is 60.7 Å². The zero-order chi connectivity index (χ0) is 21.0. The number of benzene rings is 2. The van der Waals surface area contributed by atoms with Gasteiger partial charge in [0.1, 0.15) is 23.9 Å². The monoisotopic (exact) mass is 396 g/mol. The fourth-order valence-electron chi connectivity index (χ4n) is 2.74. The molecule has 0 bridgehead atoms. The summed E-state index contributed by atoms with van der Waals surface area (Å²) in [5.41, 5.74) is 7.44. The average Bonchev–Trinajstić information content (AvgIpc) is 3.06. The number of nitrogens with two attached hydrogens (primary N) is 1. The van der Waals surface area contributed by atoms with E-state index < -0.39 is 0 Å². The molecule has 0 fully saturated rings. The second-order valence-corrected chi connectivity index (χ2v) is 6.65. The van der Waals surface area contributed by atoms with Gasteiger partial charge in [-0.2, -0.15) is 0 Å². The van der Waals surface area contributed by atoms with Crippen LogP contribution in [0.15, 0.2) is 55.1 Å². The first-order chi connectivity index (χ1) is 13.8. The maximum absolute atomic E-state index is 12.2. The molecule has 1 heterocycles. The molecule has 150 valence electrons. The first kappa shape index (κ1) is 19.7. The van der Waals surface area contributed by atoms with Crippen LogP contribution < -0.4 is 20.9 Å². The molecule has 0 spiro atoms. The van der Waals surface area contributed by atoms with E-state index in [1.165, 1.54) is 12.1 Å². The third kappa shape index (κ3) is 5.25. The molecular weight excluding hydrogens is 374 g/mol. The second kappa shape index (κ2) is 8.34. The van der Waals surface area contributed by atoms with Gasteiger partial charge in [-0.15, -0.1) is 0 Å². The molecule has 1 aromatic heterocycles. The zero-order valence-corrected chi connectivity index (χ0v) is 15.8. The van der Waals surface area contributed by atoms with Crippen LogP contribution in [0.5, 0.6) is 11.5 Å². The summed E-state index contributed by atoms with van der Waals surface area (Å²) in [4.78, 5) is 24.4. The average molecular weight is 396 g/mol. The number of aromatic hydroxyl groups is 2. The highest BCUT2D eigenvalue weighted by Crippen LogP contribution is 2.25. The summed E-state index contributed by atoms with van der Waals surface area (Å²) >= 11 is 0. The Bertz CT molecular complexity index is 979. The van der Waals surface area contributed by atoms with Gasteiger partial charge in [-0.1, -0.05) is 6.07 Å². The maximum atomic E-state index is 12.2. The molecular formula is C20H22N5O4+. The molecule has 0 aliphatic rings. The van der Waals surface area contributed by atoms with Gasteiger partial charge in [0.2, 0.25) is 6.33 Å². The first-order valence-corrected chi connectivity index (χ1v) is 8.83. The van der Waals surface area contributed by atoms with Gasteiger partial charge >= 0.3 is 0 Å². The molecule has 29 heavy (non-hydrogen) atoms. The van der Waals surface area contributed by atoms with Crippen molar-refractivity contribution in [1.82, 2.24) is 4.57 Å². The lowest BCUT2D eigenvalue weighted by atomic mass is 10.2. The number of phenolic OH excluding ortho intramolecular Hbond substituents is 2. The molecule has 3 rings (SSSR count). The van der Waals surface area contributed by atoms with Gasteiger partial charge in [-0.25, -0.2) is 9.13 Å². The number of imidazole rings is 1. The number of nitrogen functional groups attached to an aromatic ring is 1. The Labute approximate surface area is 167 Å². The van der Waals surface area contributed by atoms with Gasteiger partial charge in [-0.3, -0.25) is 9.59 Å². The van der Waals surface area contributed by atoms with Gasteiger partial charge in [0.05, 0.1) is 11.4 Å². The topological polar surface area (TPSA) is 133 Å². The van der Waals surface area contributed by atoms with Crippen molar-refractivity contribution in [2.75, 3.05) is 16.4 Å². The number of hydrogen-bond acceptors (Lipinski definition) is 5. The smallest absolute Gasteiger partial charge is 0.266 e. The van der Waals surface area contributed by atoms with Crippen molar-refractivity contribution in [3.8, 4) is 11.5 Å². The number of nitrogens with zero attached hydrogens (tertiary/aromatic N) is 2. The largest absolute Gasteiger partial charge is 0.506 e. The van der Waals surface area contributed by atoms with Crippen molar-refractivity contribution in [3.63, 3.8) is 0 Å². The molecule has 0 unspecified atom stereocenters. The van der Waals surface area contributed by atoms with E-state index >= 15 is 0 Å². The first-order valence-electron chi connectivity index (χ1n) is 8.83. The SMILES string of the molecule is Cc1ccc(NC(=O)C[n+]2ccn(CC(=O)Nc3ccc(N)cc3O)c2)c(O)c1. The molecule has 0 radical (unpaired) electrons. The van der Waals surface area contributed by atoms with E-state index in [0.717, 1.165) is 5.56 Å². The van der Waals surface area contributed by atoms with Crippen molar-refractivity contribution >= 4 is 28.9 Å². The van der Waals surface area contributed by atoms with Crippen LogP contribution >= 0.6 is 0 Å².